The van der Waals surface area contributed by atoms with E-state index in [1.165, 1.54) is 0 Å². The zero-order valence-corrected chi connectivity index (χ0v) is 19.3. The van der Waals surface area contributed by atoms with Gasteiger partial charge in [0.25, 0.3) is 0 Å². The van der Waals surface area contributed by atoms with Gasteiger partial charge >= 0.3 is 5.97 Å². The highest BCUT2D eigenvalue weighted by molar-refractivity contribution is 5.76. The van der Waals surface area contributed by atoms with E-state index in [0.717, 1.165) is 49.1 Å². The fourth-order valence-electron chi connectivity index (χ4n) is 4.21. The van der Waals surface area contributed by atoms with E-state index in [4.69, 9.17) is 13.9 Å². The van der Waals surface area contributed by atoms with Crippen molar-refractivity contribution >= 4 is 5.97 Å². The van der Waals surface area contributed by atoms with E-state index in [1.807, 2.05) is 44.2 Å². The number of oxazole rings is 1. The van der Waals surface area contributed by atoms with Gasteiger partial charge in [-0.3, -0.25) is 4.79 Å². The van der Waals surface area contributed by atoms with Gasteiger partial charge in [0.15, 0.2) is 0 Å². The maximum Gasteiger partial charge on any atom is 0.314 e. The van der Waals surface area contributed by atoms with Gasteiger partial charge in [-0.1, -0.05) is 37.5 Å². The van der Waals surface area contributed by atoms with E-state index in [2.05, 4.69) is 4.98 Å². The number of hydrogen-bond donors (Lipinski definition) is 1. The Morgan fingerprint density at radius 3 is 2.48 bits per heavy atom. The van der Waals surface area contributed by atoms with Gasteiger partial charge in [-0.2, -0.15) is 0 Å². The predicted molar refractivity (Wildman–Crippen MR) is 125 cm³/mol. The van der Waals surface area contributed by atoms with Crippen molar-refractivity contribution in [3.63, 3.8) is 0 Å². The molecule has 1 unspecified atom stereocenters. The summed E-state index contributed by atoms with van der Waals surface area (Å²) in [6.45, 7) is 4.27. The van der Waals surface area contributed by atoms with E-state index in [1.54, 1.807) is 24.3 Å². The Morgan fingerprint density at radius 1 is 1.09 bits per heavy atom. The van der Waals surface area contributed by atoms with Crippen molar-refractivity contribution < 1.29 is 23.8 Å². The summed E-state index contributed by atoms with van der Waals surface area (Å²) in [4.78, 5) is 17.1. The van der Waals surface area contributed by atoms with Gasteiger partial charge in [0.05, 0.1) is 17.7 Å². The summed E-state index contributed by atoms with van der Waals surface area (Å²) in [7, 11) is 0. The molecule has 1 N–H and O–H groups in total. The quantitative estimate of drug-likeness (QED) is 0.347. The zero-order valence-electron chi connectivity index (χ0n) is 19.3. The molecule has 3 aromatic rings. The van der Waals surface area contributed by atoms with Crippen LogP contribution in [-0.2, 0) is 16.0 Å². The van der Waals surface area contributed by atoms with Crippen LogP contribution in [0.1, 0.15) is 62.3 Å². The standard InChI is InChI=1S/C27H31NO5/c1-19-23(28-24(32-19)20-9-5-3-6-10-20)15-18-31-22-13-11-21(12-14-22)25(29)33-26(30)27(2)16-7-4-8-17-27/h3,5-6,9-14,25,29H,4,7-8,15-18H2,1-2H3. The summed E-state index contributed by atoms with van der Waals surface area (Å²) in [5, 5.41) is 10.4. The van der Waals surface area contributed by atoms with Gasteiger partial charge in [-0.15, -0.1) is 0 Å². The largest absolute Gasteiger partial charge is 0.493 e. The lowest BCUT2D eigenvalue weighted by atomic mass is 9.76. The van der Waals surface area contributed by atoms with Crippen LogP contribution in [0.2, 0.25) is 0 Å². The molecule has 0 saturated heterocycles. The van der Waals surface area contributed by atoms with E-state index in [0.29, 0.717) is 30.2 Å². The first-order valence-corrected chi connectivity index (χ1v) is 11.6. The van der Waals surface area contributed by atoms with Crippen LogP contribution < -0.4 is 4.74 Å². The Morgan fingerprint density at radius 2 is 1.79 bits per heavy atom. The molecule has 0 aliphatic heterocycles. The molecule has 1 saturated carbocycles. The molecule has 0 spiro atoms. The molecule has 4 rings (SSSR count). The minimum Gasteiger partial charge on any atom is -0.493 e. The number of ether oxygens (including phenoxy) is 2. The lowest BCUT2D eigenvalue weighted by molar-refractivity contribution is -0.182. The molecule has 0 radical (unpaired) electrons. The monoisotopic (exact) mass is 449 g/mol. The first-order chi connectivity index (χ1) is 15.9. The van der Waals surface area contributed by atoms with Crippen LogP contribution in [0, 0.1) is 12.3 Å². The maximum atomic E-state index is 12.5. The predicted octanol–water partition coefficient (Wildman–Crippen LogP) is 5.78. The van der Waals surface area contributed by atoms with Gasteiger partial charge in [-0.05, 0) is 63.1 Å². The first kappa shape index (κ1) is 23.1. The summed E-state index contributed by atoms with van der Waals surface area (Å²) in [6.07, 6.45) is 4.15. The fraction of sp³-hybridized carbons (Fsp3) is 0.407. The Bertz CT molecular complexity index is 1050. The molecule has 1 atom stereocenters. The summed E-state index contributed by atoms with van der Waals surface area (Å²) in [6, 6.07) is 16.8. The lowest BCUT2D eigenvalue weighted by Gasteiger charge is -2.31. The summed E-state index contributed by atoms with van der Waals surface area (Å²) in [5.74, 6) is 1.73. The van der Waals surface area contributed by atoms with Crippen LogP contribution in [0.5, 0.6) is 5.75 Å². The van der Waals surface area contributed by atoms with Crippen LogP contribution in [0.3, 0.4) is 0 Å². The van der Waals surface area contributed by atoms with Gasteiger partial charge in [0, 0.05) is 17.5 Å². The highest BCUT2D eigenvalue weighted by Crippen LogP contribution is 2.38. The summed E-state index contributed by atoms with van der Waals surface area (Å²) >= 11 is 0. The topological polar surface area (TPSA) is 81.8 Å². The number of aryl methyl sites for hydroxylation is 1. The van der Waals surface area contributed by atoms with Crippen molar-refractivity contribution in [1.29, 1.82) is 0 Å². The molecule has 0 amide bonds. The summed E-state index contributed by atoms with van der Waals surface area (Å²) < 4.78 is 17.0. The number of carbonyl (C=O) groups excluding carboxylic acids is 1. The van der Waals surface area contributed by atoms with Crippen LogP contribution in [-0.4, -0.2) is 22.7 Å². The third kappa shape index (κ3) is 5.63. The molecule has 2 aromatic carbocycles. The van der Waals surface area contributed by atoms with Gasteiger partial charge in [0.1, 0.15) is 11.5 Å². The fourth-order valence-corrected chi connectivity index (χ4v) is 4.21. The Balaban J connectivity index is 1.28. The SMILES string of the molecule is Cc1oc(-c2ccccc2)nc1CCOc1ccc(C(O)OC(=O)C2(C)CCCCC2)cc1. The number of aromatic nitrogens is 1. The maximum absolute atomic E-state index is 12.5. The highest BCUT2D eigenvalue weighted by atomic mass is 16.6. The molecule has 33 heavy (non-hydrogen) atoms. The Kier molecular flexibility index (Phi) is 7.14. The molecule has 6 heteroatoms. The Hall–Kier alpha value is -3.12. The van der Waals surface area contributed by atoms with Gasteiger partial charge in [-0.25, -0.2) is 4.98 Å². The summed E-state index contributed by atoms with van der Waals surface area (Å²) in [5.41, 5.74) is 1.83. The van der Waals surface area contributed by atoms with Crippen molar-refractivity contribution in [2.75, 3.05) is 6.61 Å². The molecular formula is C27H31NO5. The minimum atomic E-state index is -1.28. The third-order valence-electron chi connectivity index (χ3n) is 6.35. The minimum absolute atomic E-state index is 0.326. The highest BCUT2D eigenvalue weighted by Gasteiger charge is 2.37. The zero-order chi connectivity index (χ0) is 23.3. The smallest absolute Gasteiger partial charge is 0.314 e. The third-order valence-corrected chi connectivity index (χ3v) is 6.35. The molecular weight excluding hydrogens is 418 g/mol. The second kappa shape index (κ2) is 10.2. The normalized spacial score (nSPS) is 16.2. The number of carbonyl (C=O) groups is 1. The van der Waals surface area contributed by atoms with Crippen LogP contribution in [0.4, 0.5) is 0 Å². The lowest BCUT2D eigenvalue weighted by Crippen LogP contribution is -2.33. The number of benzene rings is 2. The molecule has 1 fully saturated rings. The van der Waals surface area contributed by atoms with E-state index in [-0.39, 0.29) is 5.97 Å². The van der Waals surface area contributed by atoms with Crippen LogP contribution in [0.15, 0.2) is 59.0 Å². The molecule has 0 bridgehead atoms. The van der Waals surface area contributed by atoms with Gasteiger partial charge in [0.2, 0.25) is 12.2 Å². The molecule has 1 aliphatic rings. The number of esters is 1. The molecule has 1 aromatic heterocycles. The van der Waals surface area contributed by atoms with E-state index >= 15 is 0 Å². The average molecular weight is 450 g/mol. The van der Waals surface area contributed by atoms with Crippen molar-refractivity contribution in [3.05, 3.63) is 71.6 Å². The van der Waals surface area contributed by atoms with Crippen molar-refractivity contribution in [1.82, 2.24) is 4.98 Å². The van der Waals surface area contributed by atoms with Crippen molar-refractivity contribution in [3.8, 4) is 17.2 Å². The van der Waals surface area contributed by atoms with Gasteiger partial charge < -0.3 is 19.0 Å². The number of nitrogens with zero attached hydrogens (tertiary/aromatic N) is 1. The first-order valence-electron chi connectivity index (χ1n) is 11.6. The van der Waals surface area contributed by atoms with Crippen molar-refractivity contribution in [2.45, 2.75) is 58.7 Å². The molecule has 1 aliphatic carbocycles. The second-order valence-electron chi connectivity index (χ2n) is 8.93. The molecule has 174 valence electrons. The molecule has 1 heterocycles. The van der Waals surface area contributed by atoms with E-state index < -0.39 is 11.7 Å². The van der Waals surface area contributed by atoms with Crippen LogP contribution in [0.25, 0.3) is 11.5 Å². The van der Waals surface area contributed by atoms with Crippen molar-refractivity contribution in [2.24, 2.45) is 5.41 Å². The molecule has 6 nitrogen and oxygen atoms in total. The number of aliphatic hydroxyl groups excluding tert-OH is 1. The number of rotatable bonds is 8. The van der Waals surface area contributed by atoms with E-state index in [9.17, 15) is 9.90 Å². The van der Waals surface area contributed by atoms with Crippen LogP contribution >= 0.6 is 0 Å². The number of aliphatic hydroxyl groups is 1. The second-order valence-corrected chi connectivity index (χ2v) is 8.93. The number of hydrogen-bond acceptors (Lipinski definition) is 6. The average Bonchev–Trinajstić information content (AvgIpc) is 3.21. The Labute approximate surface area is 194 Å².